The van der Waals surface area contributed by atoms with Gasteiger partial charge in [-0.25, -0.2) is 0 Å². The highest BCUT2D eigenvalue weighted by molar-refractivity contribution is 6.07. The third-order valence-corrected chi connectivity index (χ3v) is 5.17. The number of benzene rings is 2. The molecule has 0 saturated carbocycles. The van der Waals surface area contributed by atoms with E-state index in [4.69, 9.17) is 0 Å². The van der Waals surface area contributed by atoms with Crippen LogP contribution < -0.4 is 9.80 Å². The van der Waals surface area contributed by atoms with Gasteiger partial charge in [0, 0.05) is 30.9 Å². The van der Waals surface area contributed by atoms with Gasteiger partial charge in [0.05, 0.1) is 5.92 Å². The number of carbonyl (C=O) groups excluding carboxylic acids is 2. The van der Waals surface area contributed by atoms with Crippen molar-refractivity contribution in [1.82, 2.24) is 0 Å². The lowest BCUT2D eigenvalue weighted by Crippen LogP contribution is -2.43. The summed E-state index contributed by atoms with van der Waals surface area (Å²) in [6.07, 6.45) is 1.10. The third-order valence-electron chi connectivity index (χ3n) is 5.17. The zero-order valence-corrected chi connectivity index (χ0v) is 13.9. The first kappa shape index (κ1) is 14.9. The number of nitrogens with zero attached hydrogens (tertiary/aromatic N) is 2. The first-order valence-electron chi connectivity index (χ1n) is 8.34. The van der Waals surface area contributed by atoms with Crippen molar-refractivity contribution in [2.75, 3.05) is 16.8 Å². The molecule has 0 spiro atoms. The summed E-state index contributed by atoms with van der Waals surface area (Å²) in [4.78, 5) is 29.3. The Balaban J connectivity index is 1.76. The van der Waals surface area contributed by atoms with Gasteiger partial charge in [-0.1, -0.05) is 36.4 Å². The molecule has 4 rings (SSSR count). The third kappa shape index (κ3) is 2.13. The van der Waals surface area contributed by atoms with E-state index in [9.17, 15) is 9.59 Å². The molecule has 0 bridgehead atoms. The highest BCUT2D eigenvalue weighted by atomic mass is 16.2. The lowest BCUT2D eigenvalue weighted by molar-refractivity contribution is -0.125. The Kier molecular flexibility index (Phi) is 3.41. The number of carbonyl (C=O) groups is 2. The number of para-hydroxylation sites is 2. The fourth-order valence-electron chi connectivity index (χ4n) is 3.93. The van der Waals surface area contributed by atoms with E-state index in [1.807, 2.05) is 47.4 Å². The number of amides is 2. The number of hydrogen-bond acceptors (Lipinski definition) is 2. The molecule has 0 N–H and O–H groups in total. The molecule has 0 fully saturated rings. The first-order chi connectivity index (χ1) is 11.6. The van der Waals surface area contributed by atoms with E-state index >= 15 is 0 Å². The van der Waals surface area contributed by atoms with Gasteiger partial charge in [-0.3, -0.25) is 9.59 Å². The Morgan fingerprint density at radius 3 is 2.46 bits per heavy atom. The van der Waals surface area contributed by atoms with Crippen molar-refractivity contribution in [1.29, 1.82) is 0 Å². The van der Waals surface area contributed by atoms with Gasteiger partial charge < -0.3 is 9.80 Å². The summed E-state index contributed by atoms with van der Waals surface area (Å²) in [6, 6.07) is 15.9. The van der Waals surface area contributed by atoms with Crippen molar-refractivity contribution < 1.29 is 9.59 Å². The van der Waals surface area contributed by atoms with E-state index in [1.54, 1.807) is 11.9 Å². The quantitative estimate of drug-likeness (QED) is 0.810. The van der Waals surface area contributed by atoms with Gasteiger partial charge >= 0.3 is 0 Å². The van der Waals surface area contributed by atoms with Crippen molar-refractivity contribution in [3.8, 4) is 0 Å². The monoisotopic (exact) mass is 320 g/mol. The van der Waals surface area contributed by atoms with Crippen molar-refractivity contribution >= 4 is 23.2 Å². The van der Waals surface area contributed by atoms with Gasteiger partial charge in [-0.15, -0.1) is 0 Å². The summed E-state index contributed by atoms with van der Waals surface area (Å²) >= 11 is 0. The predicted molar refractivity (Wildman–Crippen MR) is 94.3 cm³/mol. The molecular weight excluding hydrogens is 300 g/mol. The van der Waals surface area contributed by atoms with E-state index in [-0.39, 0.29) is 24.3 Å². The second kappa shape index (κ2) is 5.48. The summed E-state index contributed by atoms with van der Waals surface area (Å²) in [6.45, 7) is 2.07. The summed E-state index contributed by atoms with van der Waals surface area (Å²) in [5.74, 6) is -0.382. The molecule has 2 aromatic rings. The van der Waals surface area contributed by atoms with Crippen LogP contribution in [0.15, 0.2) is 48.5 Å². The standard InChI is InChI=1S/C20H20N2O2/c1-13-11-14-7-3-5-9-17(14)22(13)20(24)16-12-19(23)21(2)18-10-6-4-8-15(16)18/h3-10,13,16H,11-12H2,1-2H3. The van der Waals surface area contributed by atoms with Crippen LogP contribution in [0.2, 0.25) is 0 Å². The minimum atomic E-state index is -0.404. The molecule has 2 unspecified atom stereocenters. The average molecular weight is 320 g/mol. The van der Waals surface area contributed by atoms with Crippen molar-refractivity contribution in [3.63, 3.8) is 0 Å². The molecule has 2 aliphatic rings. The Morgan fingerprint density at radius 2 is 1.67 bits per heavy atom. The zero-order chi connectivity index (χ0) is 16.8. The topological polar surface area (TPSA) is 40.6 Å². The van der Waals surface area contributed by atoms with E-state index in [2.05, 4.69) is 13.0 Å². The molecule has 0 aromatic heterocycles. The Labute approximate surface area is 141 Å². The lowest BCUT2D eigenvalue weighted by Gasteiger charge is -2.34. The zero-order valence-electron chi connectivity index (χ0n) is 13.9. The highest BCUT2D eigenvalue weighted by Crippen LogP contribution is 2.40. The Morgan fingerprint density at radius 1 is 1.00 bits per heavy atom. The maximum absolute atomic E-state index is 13.3. The molecule has 0 aliphatic carbocycles. The van der Waals surface area contributed by atoms with Gasteiger partial charge in [0.15, 0.2) is 0 Å². The number of fused-ring (bicyclic) bond motifs is 2. The molecule has 4 nitrogen and oxygen atoms in total. The SMILES string of the molecule is CC1Cc2ccccc2N1C(=O)C1CC(=O)N(C)c2ccccc21. The van der Waals surface area contributed by atoms with Gasteiger partial charge in [0.2, 0.25) is 11.8 Å². The van der Waals surface area contributed by atoms with E-state index in [0.29, 0.717) is 0 Å². The van der Waals surface area contributed by atoms with Crippen LogP contribution >= 0.6 is 0 Å². The van der Waals surface area contributed by atoms with E-state index in [0.717, 1.165) is 23.4 Å². The number of anilines is 2. The van der Waals surface area contributed by atoms with Gasteiger partial charge in [0.25, 0.3) is 0 Å². The number of hydrogen-bond donors (Lipinski definition) is 0. The largest absolute Gasteiger partial charge is 0.315 e. The van der Waals surface area contributed by atoms with E-state index in [1.165, 1.54) is 5.56 Å². The molecule has 0 saturated heterocycles. The van der Waals surface area contributed by atoms with Gasteiger partial charge in [-0.05, 0) is 36.6 Å². The second-order valence-electron chi connectivity index (χ2n) is 6.66. The predicted octanol–water partition coefficient (Wildman–Crippen LogP) is 3.11. The minimum Gasteiger partial charge on any atom is -0.315 e. The maximum Gasteiger partial charge on any atom is 0.235 e. The second-order valence-corrected chi connectivity index (χ2v) is 6.66. The van der Waals surface area contributed by atoms with Crippen molar-refractivity contribution in [2.45, 2.75) is 31.7 Å². The normalized spacial score (nSPS) is 22.3. The molecule has 2 atom stereocenters. The van der Waals surface area contributed by atoms with Crippen LogP contribution in [0, 0.1) is 0 Å². The molecule has 2 aromatic carbocycles. The first-order valence-corrected chi connectivity index (χ1v) is 8.34. The summed E-state index contributed by atoms with van der Waals surface area (Å²) in [7, 11) is 1.77. The summed E-state index contributed by atoms with van der Waals surface area (Å²) in [5, 5.41) is 0. The highest BCUT2D eigenvalue weighted by Gasteiger charge is 2.39. The summed E-state index contributed by atoms with van der Waals surface area (Å²) in [5.41, 5.74) is 3.97. The lowest BCUT2D eigenvalue weighted by atomic mass is 9.88. The van der Waals surface area contributed by atoms with Crippen molar-refractivity contribution in [2.24, 2.45) is 0 Å². The molecule has 2 aliphatic heterocycles. The molecule has 122 valence electrons. The molecule has 2 amide bonds. The van der Waals surface area contributed by atoms with Gasteiger partial charge in [0.1, 0.15) is 0 Å². The van der Waals surface area contributed by atoms with Crippen LogP contribution in [0.3, 0.4) is 0 Å². The maximum atomic E-state index is 13.3. The van der Waals surface area contributed by atoms with Crippen LogP contribution in [0.4, 0.5) is 11.4 Å². The van der Waals surface area contributed by atoms with Crippen LogP contribution in [0.1, 0.15) is 30.4 Å². The van der Waals surface area contributed by atoms with Crippen LogP contribution in [0.5, 0.6) is 0 Å². The summed E-state index contributed by atoms with van der Waals surface area (Å²) < 4.78 is 0. The Bertz CT molecular complexity index is 830. The average Bonchev–Trinajstić information content (AvgIpc) is 2.93. The molecule has 0 radical (unpaired) electrons. The Hall–Kier alpha value is -2.62. The van der Waals surface area contributed by atoms with Crippen molar-refractivity contribution in [3.05, 3.63) is 59.7 Å². The smallest absolute Gasteiger partial charge is 0.235 e. The molecule has 2 heterocycles. The van der Waals surface area contributed by atoms with E-state index < -0.39 is 5.92 Å². The van der Waals surface area contributed by atoms with Crippen LogP contribution in [0.25, 0.3) is 0 Å². The molecule has 24 heavy (non-hydrogen) atoms. The number of rotatable bonds is 1. The molecule has 4 heteroatoms. The fraction of sp³-hybridized carbons (Fsp3) is 0.300. The fourth-order valence-corrected chi connectivity index (χ4v) is 3.93. The van der Waals surface area contributed by atoms with Crippen LogP contribution in [-0.2, 0) is 16.0 Å². The minimum absolute atomic E-state index is 0.00724. The van der Waals surface area contributed by atoms with Crippen LogP contribution in [-0.4, -0.2) is 24.9 Å². The molecular formula is C20H20N2O2. The van der Waals surface area contributed by atoms with Gasteiger partial charge in [-0.2, -0.15) is 0 Å².